The molecule has 0 amide bonds. The minimum Gasteiger partial charge on any atom is -0.379 e. The molecule has 0 aromatic carbocycles. The predicted octanol–water partition coefficient (Wildman–Crippen LogP) is 0.632. The monoisotopic (exact) mass is 268 g/mol. The Balaban J connectivity index is 1.51. The van der Waals surface area contributed by atoms with E-state index in [9.17, 15) is 0 Å². The van der Waals surface area contributed by atoms with E-state index < -0.39 is 0 Å². The highest BCUT2D eigenvalue weighted by atomic mass is 32.1. The molecule has 1 atom stereocenters. The van der Waals surface area contributed by atoms with Crippen LogP contribution in [-0.2, 0) is 11.3 Å². The van der Waals surface area contributed by atoms with Crippen LogP contribution in [0.4, 0.5) is 5.13 Å². The Hall–Kier alpha value is -0.690. The molecule has 2 aliphatic rings. The summed E-state index contributed by atoms with van der Waals surface area (Å²) >= 11 is 1.60. The molecule has 0 saturated carbocycles. The maximum Gasteiger partial charge on any atom is 0.180 e. The molecule has 0 radical (unpaired) electrons. The van der Waals surface area contributed by atoms with Gasteiger partial charge in [0.05, 0.1) is 13.2 Å². The summed E-state index contributed by atoms with van der Waals surface area (Å²) in [5, 5.41) is 0.675. The summed E-state index contributed by atoms with van der Waals surface area (Å²) in [6.45, 7) is 7.30. The molecule has 3 rings (SSSR count). The molecular formula is C12H20N4OS. The van der Waals surface area contributed by atoms with Gasteiger partial charge in [0.1, 0.15) is 0 Å². The highest BCUT2D eigenvalue weighted by molar-refractivity contribution is 7.15. The van der Waals surface area contributed by atoms with Crippen molar-refractivity contribution < 1.29 is 4.74 Å². The van der Waals surface area contributed by atoms with Gasteiger partial charge in [0.15, 0.2) is 5.13 Å². The number of hydrogen-bond donors (Lipinski definition) is 1. The number of nitrogen functional groups attached to an aromatic ring is 1. The van der Waals surface area contributed by atoms with Gasteiger partial charge in [-0.3, -0.25) is 9.80 Å². The van der Waals surface area contributed by atoms with E-state index in [-0.39, 0.29) is 0 Å². The van der Waals surface area contributed by atoms with Gasteiger partial charge in [0.2, 0.25) is 0 Å². The smallest absolute Gasteiger partial charge is 0.180 e. The van der Waals surface area contributed by atoms with Gasteiger partial charge >= 0.3 is 0 Å². The summed E-state index contributed by atoms with van der Waals surface area (Å²) < 4.78 is 5.41. The van der Waals surface area contributed by atoms with E-state index in [4.69, 9.17) is 10.5 Å². The molecule has 0 aliphatic carbocycles. The van der Waals surface area contributed by atoms with Gasteiger partial charge in [-0.25, -0.2) is 4.98 Å². The van der Waals surface area contributed by atoms with E-state index in [1.54, 1.807) is 11.3 Å². The van der Waals surface area contributed by atoms with Gasteiger partial charge in [-0.2, -0.15) is 0 Å². The van der Waals surface area contributed by atoms with E-state index in [0.717, 1.165) is 39.4 Å². The molecule has 18 heavy (non-hydrogen) atoms. The van der Waals surface area contributed by atoms with Crippen molar-refractivity contribution in [2.75, 3.05) is 45.1 Å². The zero-order valence-corrected chi connectivity index (χ0v) is 11.4. The Morgan fingerprint density at radius 2 is 2.22 bits per heavy atom. The first-order chi connectivity index (χ1) is 8.81. The number of morpholine rings is 1. The summed E-state index contributed by atoms with van der Waals surface area (Å²) in [5.41, 5.74) is 5.66. The average Bonchev–Trinajstić information content (AvgIpc) is 3.01. The lowest BCUT2D eigenvalue weighted by molar-refractivity contribution is 0.0184. The van der Waals surface area contributed by atoms with Gasteiger partial charge in [0, 0.05) is 49.8 Å². The lowest BCUT2D eigenvalue weighted by Gasteiger charge is -2.32. The lowest BCUT2D eigenvalue weighted by Crippen LogP contribution is -2.44. The number of rotatable bonds is 3. The topological polar surface area (TPSA) is 54.6 Å². The van der Waals surface area contributed by atoms with Crippen LogP contribution in [0.1, 0.15) is 11.3 Å². The Kier molecular flexibility index (Phi) is 3.79. The van der Waals surface area contributed by atoms with Crippen LogP contribution in [0.2, 0.25) is 0 Å². The number of aromatic nitrogens is 1. The number of nitrogens with two attached hydrogens (primary N) is 1. The highest BCUT2D eigenvalue weighted by Crippen LogP contribution is 2.22. The van der Waals surface area contributed by atoms with Crippen LogP contribution < -0.4 is 5.73 Å². The normalized spacial score (nSPS) is 26.8. The van der Waals surface area contributed by atoms with E-state index in [1.165, 1.54) is 17.8 Å². The molecule has 2 fully saturated rings. The van der Waals surface area contributed by atoms with Gasteiger partial charge < -0.3 is 10.5 Å². The standard InChI is InChI=1S/C12H20N4OS/c13-12-14-7-11(18-12)9-15-2-1-10(8-15)16-3-5-17-6-4-16/h7,10H,1-6,8-9H2,(H2,13,14). The summed E-state index contributed by atoms with van der Waals surface area (Å²) in [4.78, 5) is 10.5. The second kappa shape index (κ2) is 5.52. The number of likely N-dealkylation sites (tertiary alicyclic amines) is 1. The zero-order valence-electron chi connectivity index (χ0n) is 10.5. The van der Waals surface area contributed by atoms with Crippen LogP contribution in [0.15, 0.2) is 6.20 Å². The summed E-state index contributed by atoms with van der Waals surface area (Å²) in [6.07, 6.45) is 3.18. The van der Waals surface area contributed by atoms with Crippen molar-refractivity contribution in [2.24, 2.45) is 0 Å². The van der Waals surface area contributed by atoms with Crippen LogP contribution in [-0.4, -0.2) is 60.2 Å². The quantitative estimate of drug-likeness (QED) is 0.871. The summed E-state index contributed by atoms with van der Waals surface area (Å²) in [7, 11) is 0. The highest BCUT2D eigenvalue weighted by Gasteiger charge is 2.28. The Morgan fingerprint density at radius 3 is 2.94 bits per heavy atom. The van der Waals surface area contributed by atoms with Gasteiger partial charge in [-0.1, -0.05) is 0 Å². The molecule has 2 saturated heterocycles. The van der Waals surface area contributed by atoms with Crippen LogP contribution in [0.25, 0.3) is 0 Å². The third kappa shape index (κ3) is 2.83. The molecule has 2 aliphatic heterocycles. The fourth-order valence-corrected chi connectivity index (χ4v) is 3.54. The van der Waals surface area contributed by atoms with E-state index in [2.05, 4.69) is 14.8 Å². The SMILES string of the molecule is Nc1ncc(CN2CCC(N3CCOCC3)C2)s1. The first-order valence-electron chi connectivity index (χ1n) is 6.55. The van der Waals surface area contributed by atoms with Crippen molar-refractivity contribution in [3.63, 3.8) is 0 Å². The van der Waals surface area contributed by atoms with Crippen LogP contribution in [0.5, 0.6) is 0 Å². The second-order valence-electron chi connectivity index (χ2n) is 4.99. The molecule has 100 valence electrons. The lowest BCUT2D eigenvalue weighted by atomic mass is 10.2. The largest absolute Gasteiger partial charge is 0.379 e. The Morgan fingerprint density at radius 1 is 1.39 bits per heavy atom. The molecule has 3 heterocycles. The fourth-order valence-electron chi connectivity index (χ4n) is 2.81. The number of ether oxygens (including phenoxy) is 1. The van der Waals surface area contributed by atoms with Crippen molar-refractivity contribution in [1.29, 1.82) is 0 Å². The Labute approximate surface area is 112 Å². The molecule has 5 nitrogen and oxygen atoms in total. The summed E-state index contributed by atoms with van der Waals surface area (Å²) in [6, 6.07) is 0.708. The molecular weight excluding hydrogens is 248 g/mol. The van der Waals surface area contributed by atoms with E-state index >= 15 is 0 Å². The average molecular weight is 268 g/mol. The van der Waals surface area contributed by atoms with Crippen LogP contribution in [0, 0.1) is 0 Å². The zero-order chi connectivity index (χ0) is 12.4. The second-order valence-corrected chi connectivity index (χ2v) is 6.14. The van der Waals surface area contributed by atoms with Crippen molar-refractivity contribution in [2.45, 2.75) is 19.0 Å². The molecule has 0 bridgehead atoms. The molecule has 1 aromatic heterocycles. The maximum absolute atomic E-state index is 5.66. The molecule has 1 aromatic rings. The Bertz CT molecular complexity index is 391. The first kappa shape index (κ1) is 12.3. The number of nitrogens with zero attached hydrogens (tertiary/aromatic N) is 3. The number of hydrogen-bond acceptors (Lipinski definition) is 6. The number of anilines is 1. The third-order valence-corrected chi connectivity index (χ3v) is 4.57. The van der Waals surface area contributed by atoms with Gasteiger partial charge in [-0.05, 0) is 6.42 Å². The van der Waals surface area contributed by atoms with Gasteiger partial charge in [0.25, 0.3) is 0 Å². The van der Waals surface area contributed by atoms with Crippen molar-refractivity contribution in [3.05, 3.63) is 11.1 Å². The number of thiazole rings is 1. The fraction of sp³-hybridized carbons (Fsp3) is 0.750. The van der Waals surface area contributed by atoms with Crippen LogP contribution >= 0.6 is 11.3 Å². The van der Waals surface area contributed by atoms with Crippen molar-refractivity contribution in [1.82, 2.24) is 14.8 Å². The third-order valence-electron chi connectivity index (χ3n) is 3.76. The van der Waals surface area contributed by atoms with Gasteiger partial charge in [-0.15, -0.1) is 11.3 Å². The van der Waals surface area contributed by atoms with Crippen molar-refractivity contribution >= 4 is 16.5 Å². The van der Waals surface area contributed by atoms with E-state index in [1.807, 2.05) is 6.20 Å². The van der Waals surface area contributed by atoms with Crippen LogP contribution in [0.3, 0.4) is 0 Å². The summed E-state index contributed by atoms with van der Waals surface area (Å²) in [5.74, 6) is 0. The predicted molar refractivity (Wildman–Crippen MR) is 72.6 cm³/mol. The minimum atomic E-state index is 0.675. The minimum absolute atomic E-state index is 0.675. The molecule has 2 N–H and O–H groups in total. The molecule has 0 spiro atoms. The maximum atomic E-state index is 5.66. The van der Waals surface area contributed by atoms with E-state index in [0.29, 0.717) is 11.2 Å². The molecule has 6 heteroatoms. The van der Waals surface area contributed by atoms with Crippen molar-refractivity contribution in [3.8, 4) is 0 Å². The molecule has 1 unspecified atom stereocenters. The first-order valence-corrected chi connectivity index (χ1v) is 7.37.